The van der Waals surface area contributed by atoms with E-state index in [9.17, 15) is 0 Å². The van der Waals surface area contributed by atoms with Crippen molar-refractivity contribution in [3.8, 4) is 33.8 Å². The Hall–Kier alpha value is -3.86. The third-order valence-corrected chi connectivity index (χ3v) is 5.94. The van der Waals surface area contributed by atoms with Crippen LogP contribution in [0.2, 0.25) is 0 Å². The van der Waals surface area contributed by atoms with Crippen molar-refractivity contribution in [1.82, 2.24) is 0 Å². The standard InChI is InChI=1S/C30H28N2O2/c31-14-16-33-23-18-22(19-24(20-23)34-17-15-32)30-27-12-6-4-10-25(27)29(21-8-2-1-3-9-21)26-11-5-7-13-28(26)30/h1-13,18-20H,14-17,31-32H2. The van der Waals surface area contributed by atoms with E-state index in [1.54, 1.807) is 0 Å². The Kier molecular flexibility index (Phi) is 6.43. The Balaban J connectivity index is 1.83. The average molecular weight is 449 g/mol. The van der Waals surface area contributed by atoms with Gasteiger partial charge in [-0.25, -0.2) is 0 Å². The van der Waals surface area contributed by atoms with Crippen molar-refractivity contribution in [2.75, 3.05) is 26.3 Å². The molecule has 5 aromatic rings. The largest absolute Gasteiger partial charge is 0.492 e. The minimum atomic E-state index is 0.439. The summed E-state index contributed by atoms with van der Waals surface area (Å²) < 4.78 is 11.8. The van der Waals surface area contributed by atoms with E-state index in [0.29, 0.717) is 26.3 Å². The van der Waals surface area contributed by atoms with Crippen molar-refractivity contribution < 1.29 is 9.47 Å². The first-order valence-corrected chi connectivity index (χ1v) is 11.6. The molecule has 0 amide bonds. The molecule has 0 spiro atoms. The van der Waals surface area contributed by atoms with Gasteiger partial charge in [0.25, 0.3) is 0 Å². The molecule has 0 unspecified atom stereocenters. The number of fused-ring (bicyclic) bond motifs is 2. The Morgan fingerprint density at radius 1 is 0.471 bits per heavy atom. The molecule has 0 aliphatic rings. The summed E-state index contributed by atoms with van der Waals surface area (Å²) in [4.78, 5) is 0. The van der Waals surface area contributed by atoms with E-state index in [-0.39, 0.29) is 0 Å². The maximum absolute atomic E-state index is 5.92. The fourth-order valence-corrected chi connectivity index (χ4v) is 4.59. The zero-order valence-corrected chi connectivity index (χ0v) is 19.0. The van der Waals surface area contributed by atoms with Crippen molar-refractivity contribution in [1.29, 1.82) is 0 Å². The molecule has 4 nitrogen and oxygen atoms in total. The quantitative estimate of drug-likeness (QED) is 0.286. The van der Waals surface area contributed by atoms with Crippen LogP contribution in [-0.4, -0.2) is 26.3 Å². The highest BCUT2D eigenvalue weighted by molar-refractivity contribution is 6.21. The van der Waals surface area contributed by atoms with E-state index in [4.69, 9.17) is 20.9 Å². The predicted molar refractivity (Wildman–Crippen MR) is 141 cm³/mol. The third kappa shape index (κ3) is 4.21. The van der Waals surface area contributed by atoms with Gasteiger partial charge in [-0.15, -0.1) is 0 Å². The first-order valence-electron chi connectivity index (χ1n) is 11.6. The molecular weight excluding hydrogens is 420 g/mol. The molecular formula is C30H28N2O2. The number of hydrogen-bond acceptors (Lipinski definition) is 4. The molecule has 5 aromatic carbocycles. The van der Waals surface area contributed by atoms with Gasteiger partial charge in [0.15, 0.2) is 0 Å². The molecule has 0 bridgehead atoms. The summed E-state index contributed by atoms with van der Waals surface area (Å²) in [6.07, 6.45) is 0. The molecule has 4 N–H and O–H groups in total. The SMILES string of the molecule is NCCOc1cc(OCCN)cc(-c2c3ccccc3c(-c3ccccc3)c3ccccc23)c1. The molecule has 0 saturated heterocycles. The van der Waals surface area contributed by atoms with Crippen LogP contribution in [-0.2, 0) is 0 Å². The lowest BCUT2D eigenvalue weighted by molar-refractivity contribution is 0.312. The minimum Gasteiger partial charge on any atom is -0.492 e. The first kappa shape index (κ1) is 22.0. The van der Waals surface area contributed by atoms with E-state index in [1.807, 2.05) is 6.07 Å². The smallest absolute Gasteiger partial charge is 0.123 e. The van der Waals surface area contributed by atoms with Crippen LogP contribution in [0.5, 0.6) is 11.5 Å². The lowest BCUT2D eigenvalue weighted by Crippen LogP contribution is -2.12. The second kappa shape index (κ2) is 9.96. The van der Waals surface area contributed by atoms with Crippen LogP contribution in [0.25, 0.3) is 43.8 Å². The monoisotopic (exact) mass is 448 g/mol. The van der Waals surface area contributed by atoms with Gasteiger partial charge >= 0.3 is 0 Å². The molecule has 0 aromatic heterocycles. The second-order valence-electron chi connectivity index (χ2n) is 8.17. The fraction of sp³-hybridized carbons (Fsp3) is 0.133. The molecule has 0 fully saturated rings. The van der Waals surface area contributed by atoms with Crippen LogP contribution < -0.4 is 20.9 Å². The molecule has 4 heteroatoms. The van der Waals surface area contributed by atoms with Gasteiger partial charge in [-0.05, 0) is 55.9 Å². The summed E-state index contributed by atoms with van der Waals surface area (Å²) in [6.45, 7) is 1.77. The van der Waals surface area contributed by atoms with Gasteiger partial charge in [0.2, 0.25) is 0 Å². The van der Waals surface area contributed by atoms with Gasteiger partial charge in [0.1, 0.15) is 24.7 Å². The molecule has 0 atom stereocenters. The number of benzene rings is 5. The Morgan fingerprint density at radius 3 is 1.32 bits per heavy atom. The molecule has 0 saturated carbocycles. The van der Waals surface area contributed by atoms with Gasteiger partial charge in [-0.2, -0.15) is 0 Å². The number of nitrogens with two attached hydrogens (primary N) is 2. The number of ether oxygens (including phenoxy) is 2. The number of rotatable bonds is 8. The van der Waals surface area contributed by atoms with E-state index in [0.717, 1.165) is 22.6 Å². The fourth-order valence-electron chi connectivity index (χ4n) is 4.59. The van der Waals surface area contributed by atoms with Crippen LogP contribution in [0.15, 0.2) is 97.1 Å². The van der Waals surface area contributed by atoms with Gasteiger partial charge in [-0.1, -0.05) is 78.9 Å². The number of hydrogen-bond donors (Lipinski definition) is 2. The third-order valence-electron chi connectivity index (χ3n) is 5.94. The van der Waals surface area contributed by atoms with Crippen molar-refractivity contribution in [2.24, 2.45) is 11.5 Å². The van der Waals surface area contributed by atoms with E-state index >= 15 is 0 Å². The predicted octanol–water partition coefficient (Wildman–Crippen LogP) is 6.00. The van der Waals surface area contributed by atoms with Crippen molar-refractivity contribution >= 4 is 21.5 Å². The van der Waals surface area contributed by atoms with E-state index < -0.39 is 0 Å². The van der Waals surface area contributed by atoms with E-state index in [1.165, 1.54) is 32.7 Å². The Morgan fingerprint density at radius 2 is 0.882 bits per heavy atom. The maximum atomic E-state index is 5.92. The Labute approximate surface area is 199 Å². The zero-order valence-electron chi connectivity index (χ0n) is 19.0. The highest BCUT2D eigenvalue weighted by atomic mass is 16.5. The van der Waals surface area contributed by atoms with E-state index in [2.05, 4.69) is 91.0 Å². The summed E-state index contributed by atoms with van der Waals surface area (Å²) in [5, 5.41) is 4.78. The second-order valence-corrected chi connectivity index (χ2v) is 8.17. The summed E-state index contributed by atoms with van der Waals surface area (Å²) in [5.41, 5.74) is 16.0. The maximum Gasteiger partial charge on any atom is 0.123 e. The van der Waals surface area contributed by atoms with Crippen LogP contribution in [0.1, 0.15) is 0 Å². The summed E-state index contributed by atoms with van der Waals surface area (Å²) in [6, 6.07) is 33.8. The highest BCUT2D eigenvalue weighted by Gasteiger charge is 2.17. The van der Waals surface area contributed by atoms with Crippen molar-refractivity contribution in [2.45, 2.75) is 0 Å². The lowest BCUT2D eigenvalue weighted by Gasteiger charge is -2.19. The molecule has 5 rings (SSSR count). The first-order chi connectivity index (χ1) is 16.8. The Bertz CT molecular complexity index is 1350. The highest BCUT2D eigenvalue weighted by Crippen LogP contribution is 2.44. The topological polar surface area (TPSA) is 70.5 Å². The normalized spacial score (nSPS) is 11.1. The zero-order chi connectivity index (χ0) is 23.3. The van der Waals surface area contributed by atoms with Gasteiger partial charge < -0.3 is 20.9 Å². The summed E-state index contributed by atoms with van der Waals surface area (Å²) in [7, 11) is 0. The molecule has 0 aliphatic heterocycles. The van der Waals surface area contributed by atoms with Gasteiger partial charge in [0, 0.05) is 19.2 Å². The van der Waals surface area contributed by atoms with Crippen LogP contribution >= 0.6 is 0 Å². The van der Waals surface area contributed by atoms with Crippen LogP contribution in [0.3, 0.4) is 0 Å². The van der Waals surface area contributed by atoms with Crippen LogP contribution in [0, 0.1) is 0 Å². The van der Waals surface area contributed by atoms with Crippen molar-refractivity contribution in [3.63, 3.8) is 0 Å². The van der Waals surface area contributed by atoms with Crippen LogP contribution in [0.4, 0.5) is 0 Å². The summed E-state index contributed by atoms with van der Waals surface area (Å²) in [5.74, 6) is 1.46. The van der Waals surface area contributed by atoms with Gasteiger partial charge in [0.05, 0.1) is 0 Å². The lowest BCUT2D eigenvalue weighted by atomic mass is 9.86. The van der Waals surface area contributed by atoms with Crippen molar-refractivity contribution in [3.05, 3.63) is 97.1 Å². The molecule has 0 aliphatic carbocycles. The molecule has 34 heavy (non-hydrogen) atoms. The minimum absolute atomic E-state index is 0.439. The van der Waals surface area contributed by atoms with Gasteiger partial charge in [-0.3, -0.25) is 0 Å². The molecule has 170 valence electrons. The molecule has 0 heterocycles. The average Bonchev–Trinajstić information content (AvgIpc) is 2.89. The molecule has 0 radical (unpaired) electrons. The summed E-state index contributed by atoms with van der Waals surface area (Å²) >= 11 is 0.